The number of nitrogens with one attached hydrogen (secondary N) is 1. The monoisotopic (exact) mass is 228 g/mol. The molecular weight excluding hydrogens is 216 g/mol. The molecule has 0 radical (unpaired) electrons. The molecule has 1 aromatic carbocycles. The van der Waals surface area contributed by atoms with Crippen molar-refractivity contribution in [3.63, 3.8) is 0 Å². The van der Waals surface area contributed by atoms with Gasteiger partial charge < -0.3 is 5.32 Å². The van der Waals surface area contributed by atoms with Crippen LogP contribution in [0.3, 0.4) is 0 Å². The molecule has 0 spiro atoms. The lowest BCUT2D eigenvalue weighted by atomic mass is 10.1. The largest absolute Gasteiger partial charge is 0.310 e. The molecule has 0 saturated heterocycles. The summed E-state index contributed by atoms with van der Waals surface area (Å²) < 4.78 is 0. The number of hydrogen-bond donors (Lipinski definition) is 1. The zero-order chi connectivity index (χ0) is 11.4. The minimum Gasteiger partial charge on any atom is -0.310 e. The van der Waals surface area contributed by atoms with Crippen LogP contribution in [0.2, 0.25) is 5.02 Å². The minimum absolute atomic E-state index is 0.0654. The molecule has 1 N–H and O–H groups in total. The average Bonchev–Trinajstić information content (AvgIpc) is 2.15. The zero-order valence-electron chi connectivity index (χ0n) is 8.66. The van der Waals surface area contributed by atoms with Crippen LogP contribution in [0, 0.1) is 10.1 Å². The number of halogens is 1. The van der Waals surface area contributed by atoms with E-state index in [1.807, 2.05) is 13.8 Å². The van der Waals surface area contributed by atoms with Gasteiger partial charge in [-0.3, -0.25) is 10.1 Å². The molecule has 0 saturated carbocycles. The van der Waals surface area contributed by atoms with Crippen LogP contribution < -0.4 is 5.32 Å². The minimum atomic E-state index is -0.413. The van der Waals surface area contributed by atoms with Crippen LogP contribution in [0.1, 0.15) is 19.4 Å². The fourth-order valence-corrected chi connectivity index (χ4v) is 1.34. The normalized spacial score (nSPS) is 10.7. The third-order valence-electron chi connectivity index (χ3n) is 1.94. The Hall–Kier alpha value is -1.13. The fraction of sp³-hybridized carbons (Fsp3) is 0.400. The highest BCUT2D eigenvalue weighted by Gasteiger charge is 2.13. The van der Waals surface area contributed by atoms with Crippen molar-refractivity contribution in [2.24, 2.45) is 0 Å². The van der Waals surface area contributed by atoms with Crippen LogP contribution in [0.5, 0.6) is 0 Å². The summed E-state index contributed by atoms with van der Waals surface area (Å²) in [7, 11) is 0. The summed E-state index contributed by atoms with van der Waals surface area (Å²) in [4.78, 5) is 10.3. The quantitative estimate of drug-likeness (QED) is 0.637. The molecule has 4 nitrogen and oxygen atoms in total. The number of benzene rings is 1. The Bertz CT molecular complexity index is 366. The molecule has 0 bridgehead atoms. The SMILES string of the molecule is CC(C)NCc1ccc(Cl)cc1[N+](=O)[O-]. The molecule has 0 aliphatic rings. The van der Waals surface area contributed by atoms with Gasteiger partial charge in [-0.15, -0.1) is 0 Å². The summed E-state index contributed by atoms with van der Waals surface area (Å²) in [5.74, 6) is 0. The van der Waals surface area contributed by atoms with E-state index in [1.54, 1.807) is 12.1 Å². The second kappa shape index (κ2) is 5.09. The molecular formula is C10H13ClN2O2. The van der Waals surface area contributed by atoms with Crippen molar-refractivity contribution >= 4 is 17.3 Å². The smallest absolute Gasteiger partial charge is 0.275 e. The van der Waals surface area contributed by atoms with Crippen molar-refractivity contribution in [3.8, 4) is 0 Å². The van der Waals surface area contributed by atoms with Gasteiger partial charge in [0.05, 0.1) is 4.92 Å². The third kappa shape index (κ3) is 3.49. The van der Waals surface area contributed by atoms with E-state index in [2.05, 4.69) is 5.32 Å². The van der Waals surface area contributed by atoms with Crippen LogP contribution in [0.15, 0.2) is 18.2 Å². The summed E-state index contributed by atoms with van der Waals surface area (Å²) in [6.45, 7) is 4.45. The molecule has 1 aromatic rings. The first-order chi connectivity index (χ1) is 7.00. The van der Waals surface area contributed by atoms with Crippen molar-refractivity contribution in [1.82, 2.24) is 5.32 Å². The van der Waals surface area contributed by atoms with Crippen LogP contribution in [-0.4, -0.2) is 11.0 Å². The molecule has 15 heavy (non-hydrogen) atoms. The lowest BCUT2D eigenvalue weighted by Crippen LogP contribution is -2.22. The first-order valence-electron chi connectivity index (χ1n) is 4.67. The Kier molecular flexibility index (Phi) is 4.05. The average molecular weight is 229 g/mol. The van der Waals surface area contributed by atoms with Crippen molar-refractivity contribution in [1.29, 1.82) is 0 Å². The van der Waals surface area contributed by atoms with Gasteiger partial charge in [-0.25, -0.2) is 0 Å². The predicted octanol–water partition coefficient (Wildman–Crippen LogP) is 2.75. The Balaban J connectivity index is 2.91. The first-order valence-corrected chi connectivity index (χ1v) is 5.04. The highest BCUT2D eigenvalue weighted by Crippen LogP contribution is 2.22. The summed E-state index contributed by atoms with van der Waals surface area (Å²) in [5, 5.41) is 14.3. The van der Waals surface area contributed by atoms with Gasteiger partial charge in [-0.2, -0.15) is 0 Å². The predicted molar refractivity (Wildman–Crippen MR) is 60.1 cm³/mol. The Morgan fingerprint density at radius 3 is 2.73 bits per heavy atom. The molecule has 0 fully saturated rings. The summed E-state index contributed by atoms with van der Waals surface area (Å²) >= 11 is 5.70. The van der Waals surface area contributed by atoms with Gasteiger partial charge >= 0.3 is 0 Å². The highest BCUT2D eigenvalue weighted by atomic mass is 35.5. The van der Waals surface area contributed by atoms with E-state index < -0.39 is 4.92 Å². The van der Waals surface area contributed by atoms with E-state index in [9.17, 15) is 10.1 Å². The van der Waals surface area contributed by atoms with Gasteiger partial charge in [0.2, 0.25) is 0 Å². The standard InChI is InChI=1S/C10H13ClN2O2/c1-7(2)12-6-8-3-4-9(11)5-10(8)13(14)15/h3-5,7,12H,6H2,1-2H3. The Morgan fingerprint density at radius 1 is 1.53 bits per heavy atom. The van der Waals surface area contributed by atoms with E-state index in [4.69, 9.17) is 11.6 Å². The molecule has 0 unspecified atom stereocenters. The number of hydrogen-bond acceptors (Lipinski definition) is 3. The molecule has 5 heteroatoms. The second-order valence-corrected chi connectivity index (χ2v) is 4.00. The second-order valence-electron chi connectivity index (χ2n) is 3.57. The summed E-state index contributed by atoms with van der Waals surface area (Å²) in [6, 6.07) is 5.00. The first kappa shape index (κ1) is 11.9. The number of nitro groups is 1. The van der Waals surface area contributed by atoms with E-state index in [0.29, 0.717) is 23.2 Å². The summed E-state index contributed by atoms with van der Waals surface area (Å²) in [5.41, 5.74) is 0.716. The lowest BCUT2D eigenvalue weighted by Gasteiger charge is -2.08. The van der Waals surface area contributed by atoms with Crippen LogP contribution >= 0.6 is 11.6 Å². The van der Waals surface area contributed by atoms with Crippen LogP contribution in [0.25, 0.3) is 0 Å². The van der Waals surface area contributed by atoms with Crippen molar-refractivity contribution in [2.75, 3.05) is 0 Å². The Morgan fingerprint density at radius 2 is 2.20 bits per heavy atom. The van der Waals surface area contributed by atoms with Gasteiger partial charge in [0.25, 0.3) is 5.69 Å². The van der Waals surface area contributed by atoms with Crippen molar-refractivity contribution < 1.29 is 4.92 Å². The van der Waals surface area contributed by atoms with Crippen LogP contribution in [-0.2, 0) is 6.54 Å². The van der Waals surface area contributed by atoms with Crippen molar-refractivity contribution in [2.45, 2.75) is 26.4 Å². The maximum absolute atomic E-state index is 10.7. The van der Waals surface area contributed by atoms with E-state index in [-0.39, 0.29) is 5.69 Å². The molecule has 0 amide bonds. The van der Waals surface area contributed by atoms with Gasteiger partial charge in [0.1, 0.15) is 0 Å². The van der Waals surface area contributed by atoms with Crippen LogP contribution in [0.4, 0.5) is 5.69 Å². The highest BCUT2D eigenvalue weighted by molar-refractivity contribution is 6.30. The van der Waals surface area contributed by atoms with Gasteiger partial charge in [0, 0.05) is 29.2 Å². The lowest BCUT2D eigenvalue weighted by molar-refractivity contribution is -0.385. The molecule has 0 atom stereocenters. The zero-order valence-corrected chi connectivity index (χ0v) is 9.41. The van der Waals surface area contributed by atoms with Gasteiger partial charge in [0.15, 0.2) is 0 Å². The Labute approximate surface area is 93.4 Å². The molecule has 0 heterocycles. The number of nitro benzene ring substituents is 1. The van der Waals surface area contributed by atoms with Gasteiger partial charge in [-0.1, -0.05) is 25.4 Å². The van der Waals surface area contributed by atoms with E-state index in [0.717, 1.165) is 0 Å². The number of nitrogens with zero attached hydrogens (tertiary/aromatic N) is 1. The fourth-order valence-electron chi connectivity index (χ4n) is 1.17. The molecule has 1 rings (SSSR count). The summed E-state index contributed by atoms with van der Waals surface area (Å²) in [6.07, 6.45) is 0. The maximum Gasteiger partial charge on any atom is 0.275 e. The maximum atomic E-state index is 10.7. The molecule has 82 valence electrons. The topological polar surface area (TPSA) is 55.2 Å². The molecule has 0 aromatic heterocycles. The van der Waals surface area contributed by atoms with Gasteiger partial charge in [-0.05, 0) is 12.1 Å². The van der Waals surface area contributed by atoms with E-state index in [1.165, 1.54) is 6.07 Å². The third-order valence-corrected chi connectivity index (χ3v) is 2.18. The van der Waals surface area contributed by atoms with Crippen molar-refractivity contribution in [3.05, 3.63) is 38.9 Å². The number of rotatable bonds is 4. The van der Waals surface area contributed by atoms with E-state index >= 15 is 0 Å². The molecule has 0 aliphatic carbocycles. The molecule has 0 aliphatic heterocycles.